The van der Waals surface area contributed by atoms with Crippen molar-refractivity contribution in [1.29, 1.82) is 0 Å². The van der Waals surface area contributed by atoms with Crippen molar-refractivity contribution in [2.45, 2.75) is 19.6 Å². The number of hydrogen-bond acceptors (Lipinski definition) is 9. The predicted molar refractivity (Wildman–Crippen MR) is 210 cm³/mol. The van der Waals surface area contributed by atoms with E-state index in [1.807, 2.05) is 36.4 Å². The molecule has 246 valence electrons. The van der Waals surface area contributed by atoms with E-state index in [4.69, 9.17) is 18.8 Å². The Balaban J connectivity index is 0.974. The zero-order valence-corrected chi connectivity index (χ0v) is 30.2. The van der Waals surface area contributed by atoms with Gasteiger partial charge in [-0.2, -0.15) is 0 Å². The summed E-state index contributed by atoms with van der Waals surface area (Å²) < 4.78 is 13.6. The van der Waals surface area contributed by atoms with Crippen LogP contribution in [0, 0.1) is 0 Å². The molecule has 2 aliphatic rings. The maximum atomic E-state index is 6.30. The summed E-state index contributed by atoms with van der Waals surface area (Å²) in [5, 5.41) is 0. The van der Waals surface area contributed by atoms with Crippen LogP contribution in [0.2, 0.25) is 0 Å². The minimum Gasteiger partial charge on any atom is -0.436 e. The summed E-state index contributed by atoms with van der Waals surface area (Å²) in [7, 11) is 0. The SMILES string of the molecule is Brc1cc2c3c(c1)Sc1cc(-c4nc5cc(-c6ccncc6)ccc5o4)ccc1N3c1ccc(-c3nc4cc(-c5ccncc5)ccc4o3)cc1S2. The molecular weight excluding hydrogens is 751 g/mol. The molecule has 7 nitrogen and oxygen atoms in total. The second-order valence-electron chi connectivity index (χ2n) is 12.5. The van der Waals surface area contributed by atoms with Gasteiger partial charge in [-0.25, -0.2) is 9.97 Å². The van der Waals surface area contributed by atoms with Crippen LogP contribution in [-0.2, 0) is 0 Å². The summed E-state index contributed by atoms with van der Waals surface area (Å²) in [6, 6.07) is 37.6. The van der Waals surface area contributed by atoms with E-state index in [1.54, 1.807) is 48.3 Å². The first kappa shape index (κ1) is 30.0. The summed E-state index contributed by atoms with van der Waals surface area (Å²) in [4.78, 5) is 25.1. The van der Waals surface area contributed by atoms with Gasteiger partial charge in [0.2, 0.25) is 11.8 Å². The van der Waals surface area contributed by atoms with E-state index in [-0.39, 0.29) is 0 Å². The van der Waals surface area contributed by atoms with Gasteiger partial charge in [-0.1, -0.05) is 51.6 Å². The first-order valence-electron chi connectivity index (χ1n) is 16.5. The number of rotatable bonds is 4. The number of oxazole rings is 2. The van der Waals surface area contributed by atoms with Crippen LogP contribution in [0.4, 0.5) is 17.1 Å². The molecule has 0 amide bonds. The first-order chi connectivity index (χ1) is 25.6. The van der Waals surface area contributed by atoms with Gasteiger partial charge in [0.15, 0.2) is 11.2 Å². The Labute approximate surface area is 313 Å². The fraction of sp³-hybridized carbons (Fsp3) is 0. The molecule has 0 atom stereocenters. The number of hydrogen-bond donors (Lipinski definition) is 0. The highest BCUT2D eigenvalue weighted by Crippen LogP contribution is 2.61. The summed E-state index contributed by atoms with van der Waals surface area (Å²) in [6.45, 7) is 0. The third kappa shape index (κ3) is 4.90. The van der Waals surface area contributed by atoms with Gasteiger partial charge in [0.25, 0.3) is 0 Å². The van der Waals surface area contributed by atoms with E-state index < -0.39 is 0 Å². The first-order valence-corrected chi connectivity index (χ1v) is 18.9. The summed E-state index contributed by atoms with van der Waals surface area (Å²) >= 11 is 7.32. The lowest BCUT2D eigenvalue weighted by atomic mass is 10.1. The van der Waals surface area contributed by atoms with Crippen LogP contribution in [0.1, 0.15) is 0 Å². The molecule has 10 heteroatoms. The van der Waals surface area contributed by atoms with Crippen molar-refractivity contribution < 1.29 is 8.83 Å². The van der Waals surface area contributed by atoms with Gasteiger partial charge in [0.1, 0.15) is 11.0 Å². The van der Waals surface area contributed by atoms with Gasteiger partial charge in [-0.05, 0) is 119 Å². The Bertz CT molecular complexity index is 2700. The van der Waals surface area contributed by atoms with Crippen LogP contribution in [-0.4, -0.2) is 19.9 Å². The van der Waals surface area contributed by atoms with Crippen LogP contribution in [0.3, 0.4) is 0 Å². The summed E-state index contributed by atoms with van der Waals surface area (Å²) in [5.74, 6) is 1.19. The minimum atomic E-state index is 0.594. The molecule has 0 saturated carbocycles. The molecular formula is C42H22BrN5O2S2. The molecule has 11 rings (SSSR count). The molecule has 0 aliphatic carbocycles. The zero-order valence-electron chi connectivity index (χ0n) is 26.9. The molecule has 0 N–H and O–H groups in total. The van der Waals surface area contributed by atoms with E-state index in [9.17, 15) is 0 Å². The molecule has 9 aromatic rings. The Hall–Kier alpha value is -5.68. The normalized spacial score (nSPS) is 12.9. The van der Waals surface area contributed by atoms with E-state index in [1.165, 1.54) is 15.5 Å². The molecule has 0 saturated heterocycles. The fourth-order valence-corrected chi connectivity index (χ4v) is 10.1. The van der Waals surface area contributed by atoms with Crippen LogP contribution >= 0.6 is 39.5 Å². The topological polar surface area (TPSA) is 81.1 Å². The Kier molecular flexibility index (Phi) is 6.73. The lowest BCUT2D eigenvalue weighted by Crippen LogP contribution is -2.19. The van der Waals surface area contributed by atoms with E-state index in [2.05, 4.69) is 104 Å². The number of nitrogens with zero attached hydrogens (tertiary/aromatic N) is 5. The van der Waals surface area contributed by atoms with Crippen LogP contribution in [0.25, 0.3) is 67.4 Å². The number of aromatic nitrogens is 4. The monoisotopic (exact) mass is 771 g/mol. The maximum Gasteiger partial charge on any atom is 0.227 e. The molecule has 0 unspecified atom stereocenters. The van der Waals surface area contributed by atoms with Crippen molar-refractivity contribution in [3.63, 3.8) is 0 Å². The van der Waals surface area contributed by atoms with Gasteiger partial charge >= 0.3 is 0 Å². The highest BCUT2D eigenvalue weighted by Gasteiger charge is 2.34. The second kappa shape index (κ2) is 11.7. The van der Waals surface area contributed by atoms with Crippen molar-refractivity contribution >= 4 is 78.7 Å². The number of benzene rings is 5. The lowest BCUT2D eigenvalue weighted by molar-refractivity contribution is 0.619. The number of fused-ring (bicyclic) bond motifs is 6. The number of pyridine rings is 2. The average molecular weight is 773 g/mol. The highest BCUT2D eigenvalue weighted by atomic mass is 79.9. The maximum absolute atomic E-state index is 6.30. The lowest BCUT2D eigenvalue weighted by Gasteiger charge is -2.38. The van der Waals surface area contributed by atoms with Gasteiger partial charge in [-0.15, -0.1) is 0 Å². The third-order valence-electron chi connectivity index (χ3n) is 9.37. The van der Waals surface area contributed by atoms with Gasteiger partial charge < -0.3 is 13.7 Å². The van der Waals surface area contributed by atoms with Gasteiger partial charge in [0, 0.05) is 60.0 Å². The van der Waals surface area contributed by atoms with E-state index >= 15 is 0 Å². The minimum absolute atomic E-state index is 0.594. The van der Waals surface area contributed by atoms with E-state index in [0.717, 1.165) is 81.2 Å². The summed E-state index contributed by atoms with van der Waals surface area (Å²) in [5.41, 5.74) is 12.7. The van der Waals surface area contributed by atoms with Crippen molar-refractivity contribution in [1.82, 2.24) is 19.9 Å². The summed E-state index contributed by atoms with van der Waals surface area (Å²) in [6.07, 6.45) is 7.20. The molecule has 0 fully saturated rings. The predicted octanol–water partition coefficient (Wildman–Crippen LogP) is 12.6. The van der Waals surface area contributed by atoms with Crippen molar-refractivity contribution in [3.8, 4) is 45.2 Å². The zero-order chi connectivity index (χ0) is 34.3. The quantitative estimate of drug-likeness (QED) is 0.174. The molecule has 0 spiro atoms. The second-order valence-corrected chi connectivity index (χ2v) is 15.6. The van der Waals surface area contributed by atoms with Gasteiger partial charge in [0.05, 0.1) is 17.1 Å². The average Bonchev–Trinajstić information content (AvgIpc) is 3.82. The van der Waals surface area contributed by atoms with Crippen LogP contribution < -0.4 is 4.90 Å². The molecule has 2 aliphatic heterocycles. The van der Waals surface area contributed by atoms with Crippen LogP contribution in [0.5, 0.6) is 0 Å². The Morgan fingerprint density at radius 2 is 0.923 bits per heavy atom. The highest BCUT2D eigenvalue weighted by molar-refractivity contribution is 9.10. The van der Waals surface area contributed by atoms with E-state index in [0.29, 0.717) is 11.8 Å². The molecule has 5 aromatic carbocycles. The van der Waals surface area contributed by atoms with Crippen molar-refractivity contribution in [2.24, 2.45) is 0 Å². The van der Waals surface area contributed by atoms with Gasteiger partial charge in [-0.3, -0.25) is 9.97 Å². The fourth-order valence-electron chi connectivity index (χ4n) is 6.91. The Morgan fingerprint density at radius 3 is 1.40 bits per heavy atom. The molecule has 52 heavy (non-hydrogen) atoms. The third-order valence-corrected chi connectivity index (χ3v) is 12.0. The van der Waals surface area contributed by atoms with Crippen LogP contribution in [0.15, 0.2) is 167 Å². The largest absolute Gasteiger partial charge is 0.436 e. The number of anilines is 3. The molecule has 4 aromatic heterocycles. The molecule has 0 radical (unpaired) electrons. The smallest absolute Gasteiger partial charge is 0.227 e. The molecule has 0 bridgehead atoms. The van der Waals surface area contributed by atoms with Crippen molar-refractivity contribution in [3.05, 3.63) is 138 Å². The standard InChI is InChI=1S/C42H22BrN5O2S2/c43-29-21-38-40-39(22-29)52-37-20-28(42-47-31-18-26(4-8-35(31)50-42)24-11-15-45-16-12-24)2-6-33(37)48(40)32-5-1-27(19-36(32)51-38)41-46-30-17-25(3-7-34(30)49-41)23-9-13-44-14-10-23/h1-22H. The molecule has 6 heterocycles. The Morgan fingerprint density at radius 1 is 0.462 bits per heavy atom. The number of halogens is 1. The van der Waals surface area contributed by atoms with Crippen molar-refractivity contribution in [2.75, 3.05) is 4.90 Å².